The van der Waals surface area contributed by atoms with Crippen LogP contribution < -0.4 is 5.73 Å². The van der Waals surface area contributed by atoms with Crippen LogP contribution >= 0.6 is 11.3 Å². The number of nitrogens with zero attached hydrogens (tertiary/aromatic N) is 2. The number of amides is 1. The first-order chi connectivity index (χ1) is 6.99. The molecule has 15 heavy (non-hydrogen) atoms. The predicted octanol–water partition coefficient (Wildman–Crippen LogP) is -0.242. The number of hydrogen-bond donors (Lipinski definition) is 2. The molecule has 0 aromatic carbocycles. The normalized spacial score (nSPS) is 10.5. The van der Waals surface area contributed by atoms with Crippen molar-refractivity contribution in [1.29, 1.82) is 0 Å². The van der Waals surface area contributed by atoms with E-state index in [1.54, 1.807) is 17.3 Å². The van der Waals surface area contributed by atoms with Crippen LogP contribution in [0.5, 0.6) is 0 Å². The molecule has 1 heterocycles. The lowest BCUT2D eigenvalue weighted by atomic mass is 10.4. The van der Waals surface area contributed by atoms with Gasteiger partial charge in [0, 0.05) is 11.9 Å². The van der Waals surface area contributed by atoms with Crippen molar-refractivity contribution in [3.05, 3.63) is 16.1 Å². The summed E-state index contributed by atoms with van der Waals surface area (Å²) in [6, 6.07) is 0. The highest BCUT2D eigenvalue weighted by molar-refractivity contribution is 7.11. The lowest BCUT2D eigenvalue weighted by Gasteiger charge is -2.11. The van der Waals surface area contributed by atoms with E-state index in [1.165, 1.54) is 0 Å². The number of aromatic nitrogens is 1. The summed E-state index contributed by atoms with van der Waals surface area (Å²) in [5.74, 6) is -1.46. The summed E-state index contributed by atoms with van der Waals surface area (Å²) in [6.07, 6.45) is 0. The van der Waals surface area contributed by atoms with Gasteiger partial charge in [-0.2, -0.15) is 0 Å². The lowest BCUT2D eigenvalue weighted by molar-refractivity contribution is -0.118. The first kappa shape index (κ1) is 11.6. The maximum atomic E-state index is 10.6. The zero-order chi connectivity index (χ0) is 11.4. The van der Waals surface area contributed by atoms with Crippen molar-refractivity contribution in [2.45, 2.75) is 6.54 Å². The number of hydrogen-bond acceptors (Lipinski definition) is 5. The Hall–Kier alpha value is -1.47. The van der Waals surface area contributed by atoms with Crippen molar-refractivity contribution < 1.29 is 14.7 Å². The van der Waals surface area contributed by atoms with Gasteiger partial charge in [-0.05, 0) is 7.05 Å². The fourth-order valence-corrected chi connectivity index (χ4v) is 1.72. The Morgan fingerprint density at radius 3 is 2.80 bits per heavy atom. The van der Waals surface area contributed by atoms with Crippen LogP contribution in [-0.4, -0.2) is 40.5 Å². The van der Waals surface area contributed by atoms with E-state index in [2.05, 4.69) is 4.98 Å². The summed E-state index contributed by atoms with van der Waals surface area (Å²) in [5, 5.41) is 10.3. The second kappa shape index (κ2) is 4.85. The van der Waals surface area contributed by atoms with Gasteiger partial charge in [0.2, 0.25) is 10.9 Å². The molecule has 7 heteroatoms. The predicted molar refractivity (Wildman–Crippen MR) is 54.6 cm³/mol. The van der Waals surface area contributed by atoms with Gasteiger partial charge < -0.3 is 10.8 Å². The Bertz CT molecular complexity index is 377. The molecule has 1 amide bonds. The van der Waals surface area contributed by atoms with Crippen molar-refractivity contribution in [1.82, 2.24) is 9.88 Å². The second-order valence-electron chi connectivity index (χ2n) is 3.09. The van der Waals surface area contributed by atoms with Crippen LogP contribution in [0, 0.1) is 0 Å². The Balaban J connectivity index is 2.57. The molecule has 0 atom stereocenters. The lowest BCUT2D eigenvalue weighted by Crippen LogP contribution is -2.30. The van der Waals surface area contributed by atoms with Crippen LogP contribution in [-0.2, 0) is 11.3 Å². The molecule has 0 unspecified atom stereocenters. The van der Waals surface area contributed by atoms with Gasteiger partial charge in [-0.1, -0.05) is 0 Å². The van der Waals surface area contributed by atoms with E-state index in [0.717, 1.165) is 11.3 Å². The molecule has 0 aliphatic rings. The zero-order valence-electron chi connectivity index (χ0n) is 8.14. The minimum absolute atomic E-state index is 0.0532. The van der Waals surface area contributed by atoms with Crippen LogP contribution in [0.4, 0.5) is 0 Å². The number of rotatable bonds is 5. The monoisotopic (exact) mass is 229 g/mol. The molecule has 1 aromatic heterocycles. The minimum Gasteiger partial charge on any atom is -0.476 e. The molecular weight excluding hydrogens is 218 g/mol. The summed E-state index contributed by atoms with van der Waals surface area (Å²) >= 11 is 1.07. The topological polar surface area (TPSA) is 96.5 Å². The molecular formula is C8H11N3O3S. The highest BCUT2D eigenvalue weighted by Crippen LogP contribution is 2.10. The molecule has 0 radical (unpaired) electrons. The molecule has 0 saturated heterocycles. The summed E-state index contributed by atoms with van der Waals surface area (Å²) in [4.78, 5) is 26.7. The number of aromatic carboxylic acids is 1. The number of primary amides is 1. The summed E-state index contributed by atoms with van der Waals surface area (Å²) in [5.41, 5.74) is 5.63. The van der Waals surface area contributed by atoms with E-state index in [0.29, 0.717) is 12.2 Å². The second-order valence-corrected chi connectivity index (χ2v) is 3.95. The molecule has 1 rings (SSSR count). The Morgan fingerprint density at radius 2 is 2.33 bits per heavy atom. The van der Waals surface area contributed by atoms with Gasteiger partial charge in [0.25, 0.3) is 0 Å². The number of nitrogens with two attached hydrogens (primary N) is 1. The highest BCUT2D eigenvalue weighted by atomic mass is 32.1. The maximum absolute atomic E-state index is 10.6. The molecule has 82 valence electrons. The molecule has 1 aromatic rings. The molecule has 0 spiro atoms. The van der Waals surface area contributed by atoms with Crippen molar-refractivity contribution in [3.63, 3.8) is 0 Å². The van der Waals surface area contributed by atoms with Gasteiger partial charge in [0.15, 0.2) is 0 Å². The summed E-state index contributed by atoms with van der Waals surface area (Å²) in [6.45, 7) is 0.534. The van der Waals surface area contributed by atoms with E-state index in [9.17, 15) is 9.59 Å². The smallest absolute Gasteiger partial charge is 0.365 e. The Kier molecular flexibility index (Phi) is 3.75. The largest absolute Gasteiger partial charge is 0.476 e. The Morgan fingerprint density at radius 1 is 1.67 bits per heavy atom. The van der Waals surface area contributed by atoms with E-state index >= 15 is 0 Å². The number of carboxylic acids is 1. The molecule has 0 fully saturated rings. The van der Waals surface area contributed by atoms with Gasteiger partial charge in [-0.3, -0.25) is 9.69 Å². The fraction of sp³-hybridized carbons (Fsp3) is 0.375. The molecule has 0 bridgehead atoms. The van der Waals surface area contributed by atoms with Crippen LogP contribution in [0.3, 0.4) is 0 Å². The van der Waals surface area contributed by atoms with Crippen LogP contribution in [0.25, 0.3) is 0 Å². The number of carbonyl (C=O) groups is 2. The molecule has 0 saturated carbocycles. The van der Waals surface area contributed by atoms with Gasteiger partial charge in [0.05, 0.1) is 12.2 Å². The van der Waals surface area contributed by atoms with Crippen molar-refractivity contribution in [3.8, 4) is 0 Å². The molecule has 0 aliphatic carbocycles. The highest BCUT2D eigenvalue weighted by Gasteiger charge is 2.10. The zero-order valence-corrected chi connectivity index (χ0v) is 8.95. The third-order valence-electron chi connectivity index (χ3n) is 1.59. The fourth-order valence-electron chi connectivity index (χ4n) is 1.08. The average Bonchev–Trinajstić information content (AvgIpc) is 2.50. The molecule has 0 aliphatic heterocycles. The first-order valence-corrected chi connectivity index (χ1v) is 5.01. The van der Waals surface area contributed by atoms with Crippen LogP contribution in [0.2, 0.25) is 0 Å². The van der Waals surface area contributed by atoms with Crippen molar-refractivity contribution in [2.75, 3.05) is 13.6 Å². The number of carbonyl (C=O) groups excluding carboxylic acids is 1. The van der Waals surface area contributed by atoms with Gasteiger partial charge in [-0.15, -0.1) is 11.3 Å². The number of thiazole rings is 1. The van der Waals surface area contributed by atoms with E-state index in [-0.39, 0.29) is 11.6 Å². The SMILES string of the molecule is CN(CC(N)=O)Cc1csc(C(=O)O)n1. The van der Waals surface area contributed by atoms with Gasteiger partial charge in [-0.25, -0.2) is 9.78 Å². The van der Waals surface area contributed by atoms with E-state index < -0.39 is 11.9 Å². The number of likely N-dealkylation sites (N-methyl/N-ethyl adjacent to an activating group) is 1. The van der Waals surface area contributed by atoms with E-state index in [4.69, 9.17) is 10.8 Å². The summed E-state index contributed by atoms with van der Waals surface area (Å²) < 4.78 is 0. The van der Waals surface area contributed by atoms with E-state index in [1.807, 2.05) is 0 Å². The third-order valence-corrected chi connectivity index (χ3v) is 2.47. The standard InChI is InChI=1S/C8H11N3O3S/c1-11(3-6(9)12)2-5-4-15-7(10-5)8(13)14/h4H,2-3H2,1H3,(H2,9,12)(H,13,14). The third kappa shape index (κ3) is 3.64. The van der Waals surface area contributed by atoms with Gasteiger partial charge >= 0.3 is 5.97 Å². The maximum Gasteiger partial charge on any atom is 0.365 e. The minimum atomic E-state index is -1.04. The quantitative estimate of drug-likeness (QED) is 0.726. The molecule has 6 nitrogen and oxygen atoms in total. The van der Waals surface area contributed by atoms with Crippen LogP contribution in [0.1, 0.15) is 15.5 Å². The summed E-state index contributed by atoms with van der Waals surface area (Å²) in [7, 11) is 1.71. The number of carboxylic acid groups (broad SMARTS) is 1. The van der Waals surface area contributed by atoms with Gasteiger partial charge in [0.1, 0.15) is 0 Å². The van der Waals surface area contributed by atoms with Crippen LogP contribution in [0.15, 0.2) is 5.38 Å². The molecule has 3 N–H and O–H groups in total. The van der Waals surface area contributed by atoms with Crippen molar-refractivity contribution >= 4 is 23.2 Å². The average molecular weight is 229 g/mol. The Labute approximate surface area is 90.3 Å². The van der Waals surface area contributed by atoms with Crippen molar-refractivity contribution in [2.24, 2.45) is 5.73 Å². The first-order valence-electron chi connectivity index (χ1n) is 4.13.